The van der Waals surface area contributed by atoms with Crippen LogP contribution in [0.5, 0.6) is 0 Å². The lowest BCUT2D eigenvalue weighted by Crippen LogP contribution is -1.93. The van der Waals surface area contributed by atoms with Gasteiger partial charge in [-0.2, -0.15) is 0 Å². The van der Waals surface area contributed by atoms with Crippen molar-refractivity contribution < 1.29 is 0 Å². The third-order valence-corrected chi connectivity index (χ3v) is 11.3. The summed E-state index contributed by atoms with van der Waals surface area (Å²) in [5.74, 6) is 0. The molecule has 4 aromatic heterocycles. The molecule has 7 aromatic carbocycles. The highest BCUT2D eigenvalue weighted by atomic mass is 15.0. The molecule has 0 aliphatic heterocycles. The van der Waals surface area contributed by atoms with Gasteiger partial charge in [0.2, 0.25) is 0 Å². The van der Waals surface area contributed by atoms with Crippen molar-refractivity contribution >= 4 is 54.4 Å². The number of hydrogen-bond acceptors (Lipinski definition) is 2. The zero-order chi connectivity index (χ0) is 35.3. The van der Waals surface area contributed by atoms with Crippen LogP contribution in [0, 0.1) is 0 Å². The summed E-state index contributed by atoms with van der Waals surface area (Å²) in [6, 6.07) is 61.5. The van der Waals surface area contributed by atoms with Gasteiger partial charge in [0.15, 0.2) is 0 Å². The summed E-state index contributed by atoms with van der Waals surface area (Å²) >= 11 is 0. The molecule has 4 nitrogen and oxygen atoms in total. The molecule has 0 radical (unpaired) electrons. The summed E-state index contributed by atoms with van der Waals surface area (Å²) in [4.78, 5) is 9.87. The average Bonchev–Trinajstić information content (AvgIpc) is 3.87. The number of fused-ring (bicyclic) bond motifs is 9. The molecule has 0 fully saturated rings. The van der Waals surface area contributed by atoms with Crippen molar-refractivity contribution in [1.82, 2.24) is 19.1 Å². The minimum absolute atomic E-state index is 1.01. The van der Waals surface area contributed by atoms with Gasteiger partial charge in [-0.15, -0.1) is 0 Å². The first-order chi connectivity index (χ1) is 26.8. The van der Waals surface area contributed by atoms with Crippen molar-refractivity contribution in [2.75, 3.05) is 0 Å². The first-order valence-corrected chi connectivity index (χ1v) is 18.4. The van der Waals surface area contributed by atoms with Crippen LogP contribution in [0.25, 0.3) is 111 Å². The lowest BCUT2D eigenvalue weighted by atomic mass is 9.99. The molecule has 0 atom stereocenters. The first-order valence-electron chi connectivity index (χ1n) is 18.4. The first kappa shape index (κ1) is 29.3. The molecule has 250 valence electrons. The number of nitrogens with zero attached hydrogens (tertiary/aromatic N) is 4. The molecule has 0 saturated heterocycles. The van der Waals surface area contributed by atoms with Crippen LogP contribution in [0.15, 0.2) is 182 Å². The number of para-hydroxylation sites is 3. The highest BCUT2D eigenvalue weighted by Crippen LogP contribution is 2.46. The van der Waals surface area contributed by atoms with E-state index in [9.17, 15) is 0 Å². The largest absolute Gasteiger partial charge is 0.309 e. The lowest BCUT2D eigenvalue weighted by molar-refractivity contribution is 1.18. The third-order valence-electron chi connectivity index (χ3n) is 11.3. The third kappa shape index (κ3) is 4.13. The quantitative estimate of drug-likeness (QED) is 0.185. The molecule has 0 spiro atoms. The van der Waals surface area contributed by atoms with Crippen LogP contribution in [0.2, 0.25) is 0 Å². The Balaban J connectivity index is 1.05. The van der Waals surface area contributed by atoms with E-state index in [4.69, 9.17) is 9.97 Å². The van der Waals surface area contributed by atoms with E-state index in [0.29, 0.717) is 0 Å². The van der Waals surface area contributed by atoms with E-state index in [1.54, 1.807) is 0 Å². The van der Waals surface area contributed by atoms with E-state index in [1.807, 2.05) is 12.4 Å². The topological polar surface area (TPSA) is 35.6 Å². The average molecular weight is 687 g/mol. The fraction of sp³-hybridized carbons (Fsp3) is 0. The summed E-state index contributed by atoms with van der Waals surface area (Å²) in [6.45, 7) is 0. The number of rotatable bonds is 4. The summed E-state index contributed by atoms with van der Waals surface area (Å²) in [7, 11) is 0. The Morgan fingerprint density at radius 1 is 0.352 bits per heavy atom. The highest BCUT2D eigenvalue weighted by Gasteiger charge is 2.24. The standard InChI is InChI=1S/C50H30N4/c1-3-11-36(12-4-1)53-44-17-8-7-15-38(44)40-26-32(18-21-45(40)53)33-19-22-46-41(27-33)42-28-34(20-23-47(42)54(46)37-13-5-2-6-14-37)35-29-43-49(52-30-35)39-16-9-10-31-24-25-51-50(43)48(31)39/h1-30H. The van der Waals surface area contributed by atoms with Gasteiger partial charge < -0.3 is 9.13 Å². The lowest BCUT2D eigenvalue weighted by Gasteiger charge is -2.09. The van der Waals surface area contributed by atoms with E-state index < -0.39 is 0 Å². The highest BCUT2D eigenvalue weighted by molar-refractivity contribution is 6.15. The van der Waals surface area contributed by atoms with E-state index in [2.05, 4.69) is 179 Å². The second-order valence-electron chi connectivity index (χ2n) is 14.2. The second-order valence-corrected chi connectivity index (χ2v) is 14.2. The van der Waals surface area contributed by atoms with Crippen LogP contribution in [-0.2, 0) is 0 Å². The van der Waals surface area contributed by atoms with E-state index in [0.717, 1.165) is 39.3 Å². The second kappa shape index (κ2) is 11.1. The van der Waals surface area contributed by atoms with Crippen molar-refractivity contribution in [3.05, 3.63) is 182 Å². The van der Waals surface area contributed by atoms with E-state index in [-0.39, 0.29) is 0 Å². The van der Waals surface area contributed by atoms with Crippen molar-refractivity contribution in [2.24, 2.45) is 0 Å². The van der Waals surface area contributed by atoms with Crippen molar-refractivity contribution in [1.29, 1.82) is 0 Å². The van der Waals surface area contributed by atoms with Gasteiger partial charge in [-0.05, 0) is 101 Å². The van der Waals surface area contributed by atoms with Crippen molar-refractivity contribution in [3.8, 4) is 56.1 Å². The summed E-state index contributed by atoms with van der Waals surface area (Å²) in [5.41, 5.74) is 16.0. The smallest absolute Gasteiger partial charge is 0.0809 e. The van der Waals surface area contributed by atoms with Crippen LogP contribution in [-0.4, -0.2) is 19.1 Å². The Bertz CT molecular complexity index is 3310. The maximum Gasteiger partial charge on any atom is 0.0809 e. The summed E-state index contributed by atoms with van der Waals surface area (Å²) in [6.07, 6.45) is 3.93. The molecule has 0 N–H and O–H groups in total. The van der Waals surface area contributed by atoms with Gasteiger partial charge in [0, 0.05) is 67.4 Å². The summed E-state index contributed by atoms with van der Waals surface area (Å²) in [5, 5.41) is 7.31. The van der Waals surface area contributed by atoms with Crippen LogP contribution < -0.4 is 0 Å². The molecular formula is C50H30N4. The number of benzene rings is 7. The normalized spacial score (nSPS) is 12.1. The molecule has 11 aromatic rings. The summed E-state index contributed by atoms with van der Waals surface area (Å²) < 4.78 is 4.76. The zero-order valence-corrected chi connectivity index (χ0v) is 29.1. The van der Waals surface area contributed by atoms with Gasteiger partial charge in [0.05, 0.1) is 33.5 Å². The van der Waals surface area contributed by atoms with Crippen LogP contribution in [0.3, 0.4) is 0 Å². The van der Waals surface area contributed by atoms with Crippen LogP contribution in [0.1, 0.15) is 0 Å². The van der Waals surface area contributed by atoms with E-state index in [1.165, 1.54) is 71.2 Å². The van der Waals surface area contributed by atoms with Gasteiger partial charge in [-0.25, -0.2) is 0 Å². The predicted octanol–water partition coefficient (Wildman–Crippen LogP) is 12.8. The van der Waals surface area contributed by atoms with Gasteiger partial charge in [0.25, 0.3) is 0 Å². The Labute approximate surface area is 310 Å². The van der Waals surface area contributed by atoms with Crippen molar-refractivity contribution in [2.45, 2.75) is 0 Å². The zero-order valence-electron chi connectivity index (χ0n) is 29.1. The Kier molecular flexibility index (Phi) is 6.02. The fourth-order valence-electron chi connectivity index (χ4n) is 8.89. The molecule has 0 bridgehead atoms. The van der Waals surface area contributed by atoms with Crippen LogP contribution in [0.4, 0.5) is 0 Å². The Morgan fingerprint density at radius 3 is 1.56 bits per heavy atom. The van der Waals surface area contributed by atoms with E-state index >= 15 is 0 Å². The molecule has 0 amide bonds. The number of aromatic nitrogens is 4. The molecule has 0 saturated carbocycles. The van der Waals surface area contributed by atoms with Crippen LogP contribution >= 0.6 is 0 Å². The minimum atomic E-state index is 1.01. The minimum Gasteiger partial charge on any atom is -0.309 e. The number of pyridine rings is 2. The monoisotopic (exact) mass is 686 g/mol. The van der Waals surface area contributed by atoms with Gasteiger partial charge in [-0.1, -0.05) is 91.0 Å². The van der Waals surface area contributed by atoms with Gasteiger partial charge in [-0.3, -0.25) is 9.97 Å². The van der Waals surface area contributed by atoms with Gasteiger partial charge >= 0.3 is 0 Å². The molecule has 54 heavy (non-hydrogen) atoms. The molecule has 4 heterocycles. The molecular weight excluding hydrogens is 657 g/mol. The number of hydrogen-bond donors (Lipinski definition) is 0. The Morgan fingerprint density at radius 2 is 0.907 bits per heavy atom. The SMILES string of the molecule is c1ccc(-n2c3ccccc3c3cc(-c4ccc5c(c4)c4cc(-c6cnc7c(c6)-c6nccc8cccc-7c68)ccc4n5-c4ccccc4)ccc32)cc1. The molecule has 1 aliphatic rings. The molecule has 4 heteroatoms. The van der Waals surface area contributed by atoms with Gasteiger partial charge in [0.1, 0.15) is 0 Å². The maximum absolute atomic E-state index is 5.04. The maximum atomic E-state index is 5.04. The predicted molar refractivity (Wildman–Crippen MR) is 224 cm³/mol. The molecule has 1 aliphatic carbocycles. The Hall–Kier alpha value is -7.30. The fourth-order valence-corrected chi connectivity index (χ4v) is 8.89. The van der Waals surface area contributed by atoms with Crippen molar-refractivity contribution in [3.63, 3.8) is 0 Å². The molecule has 12 rings (SSSR count). The molecule has 0 unspecified atom stereocenters.